The van der Waals surface area contributed by atoms with E-state index in [1.54, 1.807) is 23.7 Å². The number of hydrogen-bond donors (Lipinski definition) is 1. The summed E-state index contributed by atoms with van der Waals surface area (Å²) in [5.41, 5.74) is 0. The molecule has 4 heterocycles. The Morgan fingerprint density at radius 2 is 1.69 bits per heavy atom. The van der Waals surface area contributed by atoms with Crippen molar-refractivity contribution in [2.75, 3.05) is 33.3 Å². The first-order chi connectivity index (χ1) is 16.8. The Labute approximate surface area is 213 Å². The van der Waals surface area contributed by atoms with Gasteiger partial charge in [-0.25, -0.2) is 0 Å². The molecule has 4 aliphatic heterocycles. The van der Waals surface area contributed by atoms with Crippen LogP contribution in [0, 0.1) is 11.8 Å². The maximum atomic E-state index is 14.4. The number of thioether (sulfide) groups is 1. The van der Waals surface area contributed by atoms with Gasteiger partial charge < -0.3 is 19.8 Å². The highest BCUT2D eigenvalue weighted by Crippen LogP contribution is 2.65. The lowest BCUT2D eigenvalue weighted by Crippen LogP contribution is -2.55. The van der Waals surface area contributed by atoms with Crippen molar-refractivity contribution in [3.05, 3.63) is 24.3 Å². The number of aliphatic hydroxyl groups is 1. The average Bonchev–Trinajstić information content (AvgIpc) is 3.11. The number of hydrogen-bond acceptors (Lipinski definition) is 5. The third kappa shape index (κ3) is 3.95. The zero-order valence-corrected chi connectivity index (χ0v) is 21.8. The minimum atomic E-state index is -0.744. The van der Waals surface area contributed by atoms with Crippen molar-refractivity contribution in [1.29, 1.82) is 0 Å². The summed E-state index contributed by atoms with van der Waals surface area (Å²) in [6.45, 7) is 3.81. The molecular weight excluding hydrogens is 462 g/mol. The normalized spacial score (nSPS) is 37.4. The van der Waals surface area contributed by atoms with E-state index in [1.165, 1.54) is 6.42 Å². The highest BCUT2D eigenvalue weighted by molar-refractivity contribution is 8.02. The van der Waals surface area contributed by atoms with Crippen molar-refractivity contribution in [1.82, 2.24) is 14.7 Å². The maximum Gasteiger partial charge on any atom is 0.247 e. The van der Waals surface area contributed by atoms with Gasteiger partial charge in [0.05, 0.1) is 16.6 Å². The molecule has 0 aromatic heterocycles. The van der Waals surface area contributed by atoms with Gasteiger partial charge in [-0.05, 0) is 39.0 Å². The number of carbonyl (C=O) groups is 3. The molecule has 1 spiro atoms. The maximum absolute atomic E-state index is 14.4. The zero-order chi connectivity index (χ0) is 24.8. The van der Waals surface area contributed by atoms with E-state index in [1.807, 2.05) is 15.9 Å². The van der Waals surface area contributed by atoms with Gasteiger partial charge in [-0.15, -0.1) is 11.8 Å². The summed E-state index contributed by atoms with van der Waals surface area (Å²) in [4.78, 5) is 47.7. The second-order valence-electron chi connectivity index (χ2n) is 11.1. The lowest BCUT2D eigenvalue weighted by molar-refractivity contribution is -0.145. The van der Waals surface area contributed by atoms with Gasteiger partial charge in [-0.1, -0.05) is 43.6 Å². The first kappa shape index (κ1) is 24.9. The lowest BCUT2D eigenvalue weighted by atomic mass is 9.74. The van der Waals surface area contributed by atoms with Crippen LogP contribution in [-0.2, 0) is 14.4 Å². The van der Waals surface area contributed by atoms with Crippen molar-refractivity contribution >= 4 is 29.5 Å². The molecule has 5 atom stereocenters. The number of rotatable bonds is 6. The number of likely N-dealkylation sites (N-methyl/N-ethyl adjacent to an activating group) is 1. The van der Waals surface area contributed by atoms with Crippen LogP contribution in [0.3, 0.4) is 0 Å². The summed E-state index contributed by atoms with van der Waals surface area (Å²) < 4.78 is -1.28. The van der Waals surface area contributed by atoms with Gasteiger partial charge in [0.15, 0.2) is 0 Å². The van der Waals surface area contributed by atoms with E-state index in [0.717, 1.165) is 38.5 Å². The van der Waals surface area contributed by atoms with E-state index in [4.69, 9.17) is 0 Å². The molecule has 3 fully saturated rings. The minimum absolute atomic E-state index is 0.00432. The van der Waals surface area contributed by atoms with Crippen molar-refractivity contribution < 1.29 is 19.5 Å². The molecule has 2 saturated heterocycles. The van der Waals surface area contributed by atoms with Crippen LogP contribution in [0.25, 0.3) is 0 Å². The predicted octanol–water partition coefficient (Wildman–Crippen LogP) is 2.60. The second kappa shape index (κ2) is 9.58. The summed E-state index contributed by atoms with van der Waals surface area (Å²) in [5, 5.41) is 9.22. The number of amides is 3. The molecule has 3 amide bonds. The van der Waals surface area contributed by atoms with Crippen molar-refractivity contribution in [3.63, 3.8) is 0 Å². The summed E-state index contributed by atoms with van der Waals surface area (Å²) >= 11 is 1.66. The molecular formula is C27H39N3O4S. The monoisotopic (exact) mass is 501 g/mol. The quantitative estimate of drug-likeness (QED) is 0.447. The smallest absolute Gasteiger partial charge is 0.247 e. The Hall–Kier alpha value is -1.80. The first-order valence-corrected chi connectivity index (χ1v) is 14.2. The molecule has 5 rings (SSSR count). The van der Waals surface area contributed by atoms with Gasteiger partial charge in [0.25, 0.3) is 0 Å². The number of carbonyl (C=O) groups excluding carboxylic acids is 3. The molecule has 0 bridgehead atoms. The molecule has 0 radical (unpaired) electrons. The molecule has 1 aliphatic carbocycles. The van der Waals surface area contributed by atoms with Gasteiger partial charge in [0, 0.05) is 44.1 Å². The second-order valence-corrected chi connectivity index (χ2v) is 12.9. The fraction of sp³-hybridized carbons (Fsp3) is 0.741. The Balaban J connectivity index is 1.56. The summed E-state index contributed by atoms with van der Waals surface area (Å²) in [5.74, 6) is -1.05. The van der Waals surface area contributed by atoms with Crippen LogP contribution in [0.4, 0.5) is 0 Å². The molecule has 0 aromatic carbocycles. The molecule has 0 aromatic rings. The fourth-order valence-electron chi connectivity index (χ4n) is 7.19. The van der Waals surface area contributed by atoms with Gasteiger partial charge >= 0.3 is 0 Å². The largest absolute Gasteiger partial charge is 0.396 e. The topological polar surface area (TPSA) is 81.2 Å². The highest BCUT2D eigenvalue weighted by Gasteiger charge is 2.73. The number of unbranched alkanes of at least 4 members (excludes halogenated alkanes) is 2. The Morgan fingerprint density at radius 3 is 2.43 bits per heavy atom. The molecule has 35 heavy (non-hydrogen) atoms. The zero-order valence-electron chi connectivity index (χ0n) is 21.0. The Kier molecular flexibility index (Phi) is 6.81. The van der Waals surface area contributed by atoms with E-state index in [0.29, 0.717) is 26.1 Å². The predicted molar refractivity (Wildman–Crippen MR) is 137 cm³/mol. The number of fused-ring (bicyclic) bond motifs is 2. The summed E-state index contributed by atoms with van der Waals surface area (Å²) in [6, 6.07) is -0.364. The lowest BCUT2D eigenvalue weighted by Gasteiger charge is -2.40. The van der Waals surface area contributed by atoms with E-state index in [-0.39, 0.29) is 30.4 Å². The molecule has 1 saturated carbocycles. The summed E-state index contributed by atoms with van der Waals surface area (Å²) in [6.07, 6.45) is 16.1. The molecule has 1 N–H and O–H groups in total. The van der Waals surface area contributed by atoms with E-state index in [9.17, 15) is 19.5 Å². The van der Waals surface area contributed by atoms with Crippen molar-refractivity contribution in [3.8, 4) is 0 Å². The van der Waals surface area contributed by atoms with Crippen LogP contribution in [0.1, 0.15) is 58.3 Å². The van der Waals surface area contributed by atoms with Crippen LogP contribution < -0.4 is 0 Å². The number of aliphatic hydroxyl groups excluding tert-OH is 1. The van der Waals surface area contributed by atoms with E-state index >= 15 is 0 Å². The van der Waals surface area contributed by atoms with Crippen LogP contribution >= 0.6 is 11.8 Å². The molecule has 1 unspecified atom stereocenters. The van der Waals surface area contributed by atoms with E-state index in [2.05, 4.69) is 25.2 Å². The summed E-state index contributed by atoms with van der Waals surface area (Å²) in [7, 11) is 1.80. The standard InChI is InChI=1S/C27H39N3O4S/c1-26-13-9-15-28(2)23(32)20(26)21-24(33)30(16-7-4-8-18-31)22-25(34)29(19-11-5-3-6-12-19)17-10-14-27(21,22)35-26/h9-10,13-14,19-22,31H,3-8,11-12,15-18H2,1-2H3/t20-,21+,22?,26+,27+/m1/s1. The highest BCUT2D eigenvalue weighted by atomic mass is 32.2. The third-order valence-electron chi connectivity index (χ3n) is 8.86. The van der Waals surface area contributed by atoms with Crippen LogP contribution in [0.2, 0.25) is 0 Å². The average molecular weight is 502 g/mol. The van der Waals surface area contributed by atoms with Crippen LogP contribution in [0.5, 0.6) is 0 Å². The van der Waals surface area contributed by atoms with Gasteiger partial charge in [0.2, 0.25) is 17.7 Å². The van der Waals surface area contributed by atoms with Gasteiger partial charge in [-0.3, -0.25) is 14.4 Å². The fourth-order valence-corrected chi connectivity index (χ4v) is 9.35. The minimum Gasteiger partial charge on any atom is -0.396 e. The Morgan fingerprint density at radius 1 is 0.943 bits per heavy atom. The van der Waals surface area contributed by atoms with Crippen molar-refractivity contribution in [2.45, 2.75) is 79.9 Å². The SMILES string of the molecule is CN1CC=C[C@]2(C)S[C@]34C=CCN(C5CCCCC5)C(=O)C3N(CCCCCO)C(=O)[C@@H]4[C@@H]2C1=O. The first-order valence-electron chi connectivity index (χ1n) is 13.4. The number of likely N-dealkylation sites (tertiary alicyclic amines) is 1. The van der Waals surface area contributed by atoms with Crippen molar-refractivity contribution in [2.24, 2.45) is 11.8 Å². The molecule has 5 aliphatic rings. The molecule has 7 nitrogen and oxygen atoms in total. The molecule has 8 heteroatoms. The van der Waals surface area contributed by atoms with E-state index < -0.39 is 27.4 Å². The third-order valence-corrected chi connectivity index (χ3v) is 10.7. The molecule has 192 valence electrons. The van der Waals surface area contributed by atoms with Crippen LogP contribution in [0.15, 0.2) is 24.3 Å². The Bertz CT molecular complexity index is 931. The number of nitrogens with zero attached hydrogens (tertiary/aromatic N) is 3. The van der Waals surface area contributed by atoms with Gasteiger partial charge in [0.1, 0.15) is 6.04 Å². The van der Waals surface area contributed by atoms with Gasteiger partial charge in [-0.2, -0.15) is 0 Å². The van der Waals surface area contributed by atoms with Crippen LogP contribution in [-0.4, -0.2) is 92.4 Å².